The molecule has 0 aromatic rings. The fourth-order valence-corrected chi connectivity index (χ4v) is 6.39. The molecule has 14 heteroatoms. The number of rotatable bonds is 33. The van der Waals surface area contributed by atoms with Crippen molar-refractivity contribution in [2.24, 2.45) is 5.73 Å². The number of carbonyl (C=O) groups is 3. The van der Waals surface area contributed by atoms with E-state index < -0.39 is 37.7 Å². The van der Waals surface area contributed by atoms with Crippen LogP contribution in [0.5, 0.6) is 0 Å². The van der Waals surface area contributed by atoms with Gasteiger partial charge in [-0.15, -0.1) is 0 Å². The van der Waals surface area contributed by atoms with Crippen LogP contribution in [0.1, 0.15) is 155 Å². The zero-order chi connectivity index (χ0) is 36.1. The molecule has 0 aliphatic carbocycles. The zero-order valence-corrected chi connectivity index (χ0v) is 31.3. The molecule has 0 rings (SSSR count). The fourth-order valence-electron chi connectivity index (χ4n) is 4.97. The van der Waals surface area contributed by atoms with E-state index in [-0.39, 0.29) is 49.4 Å². The lowest BCUT2D eigenvalue weighted by Gasteiger charge is -2.19. The average molecular weight is 731 g/mol. The van der Waals surface area contributed by atoms with E-state index >= 15 is 0 Å². The highest BCUT2D eigenvalue weighted by molar-refractivity contribution is 7.99. The van der Waals surface area contributed by atoms with E-state index in [4.69, 9.17) is 25.0 Å². The van der Waals surface area contributed by atoms with Gasteiger partial charge in [-0.3, -0.25) is 18.9 Å². The number of nitrogens with one attached hydrogen (secondary N) is 1. The molecular weight excluding hydrogens is 665 g/mol. The molecule has 2 atom stereocenters. The zero-order valence-electron chi connectivity index (χ0n) is 29.6. The average Bonchev–Trinajstić information content (AvgIpc) is 3.03. The summed E-state index contributed by atoms with van der Waals surface area (Å²) in [7, 11) is -5.57. The molecule has 5 N–H and O–H groups in total. The minimum absolute atomic E-state index is 0.0953. The summed E-state index contributed by atoms with van der Waals surface area (Å²) in [5.41, 5.74) is 1.77. The van der Waals surface area contributed by atoms with E-state index in [2.05, 4.69) is 19.2 Å². The van der Waals surface area contributed by atoms with Crippen molar-refractivity contribution in [3.8, 4) is 0 Å². The van der Waals surface area contributed by atoms with Gasteiger partial charge in [0, 0.05) is 37.3 Å². The van der Waals surface area contributed by atoms with Crippen LogP contribution < -0.4 is 11.1 Å². The second kappa shape index (κ2) is 29.5. The number of thioether (sulfide) groups is 1. The molecular formula is C34H65F2N2O8PS. The highest BCUT2D eigenvalue weighted by Crippen LogP contribution is 2.55. The smallest absolute Gasteiger partial charge is 0.394 e. The van der Waals surface area contributed by atoms with E-state index in [0.717, 1.165) is 44.9 Å². The first-order valence-electron chi connectivity index (χ1n) is 18.2. The van der Waals surface area contributed by atoms with Crippen LogP contribution >= 0.6 is 19.4 Å². The standard InChI is InChI=1S/C34H65F2N2O8PS/c1-3-5-7-9-11-13-15-17-19-22-31(39)45-26-29(46-32(40)23-20-18-16-14-12-10-8-6-4-2)27-48-28-30(37)33(41)38-25-21-24-34(35,36)47(42,43)44/h29-30H,3-28,37H2,1-2H3,(H,38,41)(H2,42,43,44)/t29-,30-/m0/s1. The van der Waals surface area contributed by atoms with Crippen LogP contribution in [0.15, 0.2) is 0 Å². The molecule has 0 aliphatic heterocycles. The third-order valence-corrected chi connectivity index (χ3v) is 10.3. The maximum absolute atomic E-state index is 13.4. The van der Waals surface area contributed by atoms with Gasteiger partial charge >= 0.3 is 25.2 Å². The number of nitrogens with two attached hydrogens (primary N) is 1. The third-order valence-electron chi connectivity index (χ3n) is 8.01. The van der Waals surface area contributed by atoms with Gasteiger partial charge < -0.3 is 30.3 Å². The molecule has 0 radical (unpaired) electrons. The van der Waals surface area contributed by atoms with Gasteiger partial charge in [0.1, 0.15) is 12.7 Å². The number of hydrogen-bond donors (Lipinski definition) is 4. The molecule has 0 bridgehead atoms. The van der Waals surface area contributed by atoms with Gasteiger partial charge in [0.15, 0.2) is 0 Å². The van der Waals surface area contributed by atoms with E-state index in [9.17, 15) is 27.7 Å². The fraction of sp³-hybridized carbons (Fsp3) is 0.912. The molecule has 0 unspecified atom stereocenters. The summed E-state index contributed by atoms with van der Waals surface area (Å²) in [5.74, 6) is -0.947. The van der Waals surface area contributed by atoms with Crippen molar-refractivity contribution >= 4 is 37.2 Å². The third kappa shape index (κ3) is 26.6. The van der Waals surface area contributed by atoms with E-state index in [1.807, 2.05) is 0 Å². The summed E-state index contributed by atoms with van der Waals surface area (Å²) < 4.78 is 48.7. The molecule has 0 aromatic heterocycles. The molecule has 284 valence electrons. The Hall–Kier alpha value is -1.27. The maximum atomic E-state index is 13.4. The van der Waals surface area contributed by atoms with Gasteiger partial charge in [-0.05, 0) is 19.3 Å². The quantitative estimate of drug-likeness (QED) is 0.0295. The van der Waals surface area contributed by atoms with Crippen molar-refractivity contribution in [1.29, 1.82) is 0 Å². The summed E-state index contributed by atoms with van der Waals surface area (Å²) in [6.07, 6.45) is 18.8. The second-order valence-corrected chi connectivity index (χ2v) is 15.5. The molecule has 0 aliphatic rings. The van der Waals surface area contributed by atoms with Crippen molar-refractivity contribution in [1.82, 2.24) is 5.32 Å². The van der Waals surface area contributed by atoms with Gasteiger partial charge in [-0.1, -0.05) is 117 Å². The lowest BCUT2D eigenvalue weighted by atomic mass is 10.1. The van der Waals surface area contributed by atoms with Crippen LogP contribution in [-0.2, 0) is 28.4 Å². The largest absolute Gasteiger partial charge is 0.462 e. The minimum Gasteiger partial charge on any atom is -0.462 e. The maximum Gasteiger partial charge on any atom is 0.394 e. The van der Waals surface area contributed by atoms with Crippen LogP contribution in [0.25, 0.3) is 0 Å². The number of hydrogen-bond acceptors (Lipinski definition) is 8. The van der Waals surface area contributed by atoms with E-state index in [0.29, 0.717) is 6.42 Å². The Morgan fingerprint density at radius 1 is 0.750 bits per heavy atom. The predicted molar refractivity (Wildman–Crippen MR) is 189 cm³/mol. The Kier molecular flexibility index (Phi) is 28.7. The Morgan fingerprint density at radius 2 is 1.21 bits per heavy atom. The highest BCUT2D eigenvalue weighted by Gasteiger charge is 2.47. The summed E-state index contributed by atoms with van der Waals surface area (Å²) >= 11 is 1.24. The van der Waals surface area contributed by atoms with Crippen molar-refractivity contribution in [3.05, 3.63) is 0 Å². The van der Waals surface area contributed by atoms with Gasteiger partial charge in [-0.2, -0.15) is 20.5 Å². The van der Waals surface area contributed by atoms with Crippen LogP contribution in [0.3, 0.4) is 0 Å². The Balaban J connectivity index is 4.60. The summed E-state index contributed by atoms with van der Waals surface area (Å²) in [6, 6.07) is -0.996. The van der Waals surface area contributed by atoms with Crippen molar-refractivity contribution < 1.29 is 47.0 Å². The van der Waals surface area contributed by atoms with Crippen molar-refractivity contribution in [2.45, 2.75) is 173 Å². The summed E-state index contributed by atoms with van der Waals surface area (Å²) in [6.45, 7) is 4.08. The molecule has 0 fully saturated rings. The normalized spacial score (nSPS) is 13.2. The van der Waals surface area contributed by atoms with Crippen LogP contribution in [0.2, 0.25) is 0 Å². The van der Waals surface area contributed by atoms with E-state index in [1.165, 1.54) is 82.4 Å². The first kappa shape index (κ1) is 46.7. The van der Waals surface area contributed by atoms with Crippen molar-refractivity contribution in [2.75, 3.05) is 24.7 Å². The minimum atomic E-state index is -5.57. The highest BCUT2D eigenvalue weighted by atomic mass is 32.2. The first-order chi connectivity index (χ1) is 22.8. The van der Waals surface area contributed by atoms with Gasteiger partial charge in [-0.25, -0.2) is 0 Å². The van der Waals surface area contributed by atoms with Gasteiger partial charge in [0.2, 0.25) is 5.91 Å². The second-order valence-electron chi connectivity index (χ2n) is 12.7. The molecule has 1 amide bonds. The SMILES string of the molecule is CCCCCCCCCCCC(=O)OC[C@@H](CSC[C@H](N)C(=O)NCCCC(F)(F)P(=O)(O)O)OC(=O)CCCCCCCCCCC. The number of carbonyl (C=O) groups excluding carboxylic acids is 3. The monoisotopic (exact) mass is 730 g/mol. The van der Waals surface area contributed by atoms with E-state index in [1.54, 1.807) is 0 Å². The van der Waals surface area contributed by atoms with Crippen LogP contribution in [0.4, 0.5) is 8.78 Å². The molecule has 10 nitrogen and oxygen atoms in total. The molecule has 0 heterocycles. The van der Waals surface area contributed by atoms with Gasteiger partial charge in [0.05, 0.1) is 6.04 Å². The predicted octanol–water partition coefficient (Wildman–Crippen LogP) is 8.01. The molecule has 0 aromatic carbocycles. The Labute approximate surface area is 292 Å². The molecule has 0 saturated heterocycles. The van der Waals surface area contributed by atoms with Gasteiger partial charge in [0.25, 0.3) is 0 Å². The number of amides is 1. The Bertz CT molecular complexity index is 897. The number of ether oxygens (including phenoxy) is 2. The van der Waals surface area contributed by atoms with Crippen LogP contribution in [-0.4, -0.2) is 70.1 Å². The lowest BCUT2D eigenvalue weighted by Crippen LogP contribution is -2.43. The molecule has 0 spiro atoms. The lowest BCUT2D eigenvalue weighted by molar-refractivity contribution is -0.157. The topological polar surface area (TPSA) is 165 Å². The summed E-state index contributed by atoms with van der Waals surface area (Å²) in [4.78, 5) is 54.6. The number of esters is 2. The first-order valence-corrected chi connectivity index (χ1v) is 21.0. The summed E-state index contributed by atoms with van der Waals surface area (Å²) in [5, 5.41) is 2.39. The Morgan fingerprint density at radius 3 is 1.69 bits per heavy atom. The van der Waals surface area contributed by atoms with Crippen molar-refractivity contribution in [3.63, 3.8) is 0 Å². The number of unbranched alkanes of at least 4 members (excludes halogenated alkanes) is 16. The number of alkyl halides is 2. The van der Waals surface area contributed by atoms with Crippen LogP contribution in [0, 0.1) is 0 Å². The molecule has 0 saturated carbocycles. The molecule has 48 heavy (non-hydrogen) atoms. The number of halogens is 2.